The smallest absolute Gasteiger partial charge is 0.261 e. The fourth-order valence-corrected chi connectivity index (χ4v) is 2.72. The van der Waals surface area contributed by atoms with Gasteiger partial charge in [0.2, 0.25) is 0 Å². The molecule has 0 spiro atoms. The van der Waals surface area contributed by atoms with Crippen molar-refractivity contribution in [2.75, 3.05) is 13.2 Å². The highest BCUT2D eigenvalue weighted by Crippen LogP contribution is 2.22. The maximum Gasteiger partial charge on any atom is 0.261 e. The largest absolute Gasteiger partial charge is 0.377 e. The first-order valence-electron chi connectivity index (χ1n) is 6.62. The molecule has 0 aromatic heterocycles. The van der Waals surface area contributed by atoms with Crippen LogP contribution < -0.4 is 5.32 Å². The zero-order valence-electron chi connectivity index (χ0n) is 12.6. The fourth-order valence-electron chi connectivity index (χ4n) is 1.88. The summed E-state index contributed by atoms with van der Waals surface area (Å²) in [7, 11) is 1.48. The molecule has 1 unspecified atom stereocenters. The number of hydrogen-bond acceptors (Lipinski definition) is 4. The summed E-state index contributed by atoms with van der Waals surface area (Å²) < 4.78 is 28.2. The second kappa shape index (κ2) is 7.24. The monoisotopic (exact) mass is 333 g/mol. The van der Waals surface area contributed by atoms with E-state index >= 15 is 0 Å². The van der Waals surface area contributed by atoms with Gasteiger partial charge in [-0.3, -0.25) is 4.79 Å². The SMILES string of the molecule is CCOC(C)CNC(=O)c1cc(S(=O)(=O)Cl)cc(C)c1C. The molecule has 1 N–H and O–H groups in total. The Morgan fingerprint density at radius 2 is 2.00 bits per heavy atom. The minimum absolute atomic E-state index is 0.0738. The molecule has 5 nitrogen and oxygen atoms in total. The van der Waals surface area contributed by atoms with Gasteiger partial charge in [0.1, 0.15) is 0 Å². The number of amides is 1. The van der Waals surface area contributed by atoms with E-state index in [0.717, 1.165) is 5.56 Å². The first-order chi connectivity index (χ1) is 9.66. The second-order valence-corrected chi connectivity index (χ2v) is 7.39. The van der Waals surface area contributed by atoms with Gasteiger partial charge >= 0.3 is 0 Å². The van der Waals surface area contributed by atoms with Crippen molar-refractivity contribution in [2.45, 2.75) is 38.7 Å². The van der Waals surface area contributed by atoms with Crippen LogP contribution in [0.3, 0.4) is 0 Å². The summed E-state index contributed by atoms with van der Waals surface area (Å²) in [6.07, 6.45) is -0.111. The van der Waals surface area contributed by atoms with Crippen molar-refractivity contribution >= 4 is 25.6 Å². The number of carbonyl (C=O) groups is 1. The van der Waals surface area contributed by atoms with Gasteiger partial charge < -0.3 is 10.1 Å². The molecule has 1 atom stereocenters. The number of nitrogens with one attached hydrogen (secondary N) is 1. The summed E-state index contributed by atoms with van der Waals surface area (Å²) in [6, 6.07) is 2.75. The van der Waals surface area contributed by atoms with Gasteiger partial charge in [0.25, 0.3) is 15.0 Å². The molecule has 0 aliphatic rings. The van der Waals surface area contributed by atoms with E-state index in [-0.39, 0.29) is 16.9 Å². The van der Waals surface area contributed by atoms with Crippen LogP contribution in [0.5, 0.6) is 0 Å². The number of aryl methyl sites for hydroxylation is 1. The first kappa shape index (κ1) is 17.9. The zero-order chi connectivity index (χ0) is 16.2. The van der Waals surface area contributed by atoms with E-state index in [1.807, 2.05) is 13.8 Å². The van der Waals surface area contributed by atoms with Gasteiger partial charge in [0.15, 0.2) is 0 Å². The van der Waals surface area contributed by atoms with Gasteiger partial charge in [-0.25, -0.2) is 8.42 Å². The standard InChI is InChI=1S/C14H20ClNO4S/c1-5-20-10(3)8-16-14(17)13-7-12(21(15,18)19)6-9(2)11(13)4/h6-7,10H,5,8H2,1-4H3,(H,16,17). The molecule has 0 aliphatic heterocycles. The maximum atomic E-state index is 12.2. The summed E-state index contributed by atoms with van der Waals surface area (Å²) in [4.78, 5) is 12.1. The summed E-state index contributed by atoms with van der Waals surface area (Å²) in [6.45, 7) is 8.14. The number of carbonyl (C=O) groups excluding carboxylic acids is 1. The molecule has 0 bridgehead atoms. The van der Waals surface area contributed by atoms with Crippen molar-refractivity contribution in [2.24, 2.45) is 0 Å². The number of halogens is 1. The molecule has 0 radical (unpaired) electrons. The Kier molecular flexibility index (Phi) is 6.19. The Morgan fingerprint density at radius 3 is 2.52 bits per heavy atom. The average Bonchev–Trinajstić information content (AvgIpc) is 2.38. The molecule has 0 saturated heterocycles. The van der Waals surface area contributed by atoms with Crippen molar-refractivity contribution in [3.63, 3.8) is 0 Å². The molecular weight excluding hydrogens is 314 g/mol. The predicted octanol–water partition coefficient (Wildman–Crippen LogP) is 2.39. The van der Waals surface area contributed by atoms with Crippen LogP contribution in [0.25, 0.3) is 0 Å². The Balaban J connectivity index is 3.01. The molecule has 1 amide bonds. The van der Waals surface area contributed by atoms with E-state index in [0.29, 0.717) is 24.3 Å². The third-order valence-electron chi connectivity index (χ3n) is 3.17. The van der Waals surface area contributed by atoms with Crippen LogP contribution >= 0.6 is 10.7 Å². The lowest BCUT2D eigenvalue weighted by Crippen LogP contribution is -2.32. The molecule has 1 rings (SSSR count). The molecule has 0 fully saturated rings. The molecule has 21 heavy (non-hydrogen) atoms. The molecule has 1 aromatic rings. The minimum atomic E-state index is -3.87. The Bertz CT molecular complexity index is 628. The summed E-state index contributed by atoms with van der Waals surface area (Å²) in [5, 5.41) is 2.73. The third kappa shape index (κ3) is 4.98. The average molecular weight is 334 g/mol. The van der Waals surface area contributed by atoms with Crippen LogP contribution in [-0.2, 0) is 13.8 Å². The van der Waals surface area contributed by atoms with Crippen molar-refractivity contribution in [1.29, 1.82) is 0 Å². The maximum absolute atomic E-state index is 12.2. The molecule has 118 valence electrons. The summed E-state index contributed by atoms with van der Waals surface area (Å²) >= 11 is 0. The molecule has 0 heterocycles. The van der Waals surface area contributed by atoms with Crippen LogP contribution in [0.1, 0.15) is 35.3 Å². The zero-order valence-corrected chi connectivity index (χ0v) is 14.1. The van der Waals surface area contributed by atoms with Gasteiger partial charge in [-0.1, -0.05) is 0 Å². The quantitative estimate of drug-likeness (QED) is 0.811. The number of hydrogen-bond donors (Lipinski definition) is 1. The predicted molar refractivity (Wildman–Crippen MR) is 82.4 cm³/mol. The van der Waals surface area contributed by atoms with Gasteiger partial charge in [-0.05, 0) is 51.0 Å². The van der Waals surface area contributed by atoms with Crippen molar-refractivity contribution in [3.05, 3.63) is 28.8 Å². The second-order valence-electron chi connectivity index (χ2n) is 4.83. The Labute approximate surface area is 130 Å². The Morgan fingerprint density at radius 1 is 1.38 bits per heavy atom. The number of ether oxygens (including phenoxy) is 1. The molecule has 0 aliphatic carbocycles. The lowest BCUT2D eigenvalue weighted by molar-refractivity contribution is 0.0694. The van der Waals surface area contributed by atoms with E-state index in [2.05, 4.69) is 5.32 Å². The number of rotatable bonds is 6. The van der Waals surface area contributed by atoms with Crippen LogP contribution in [0.4, 0.5) is 0 Å². The van der Waals surface area contributed by atoms with Gasteiger partial charge in [-0.2, -0.15) is 0 Å². The van der Waals surface area contributed by atoms with Crippen molar-refractivity contribution in [1.82, 2.24) is 5.32 Å². The number of benzene rings is 1. The highest BCUT2D eigenvalue weighted by molar-refractivity contribution is 8.13. The van der Waals surface area contributed by atoms with Crippen LogP contribution in [-0.4, -0.2) is 33.6 Å². The first-order valence-corrected chi connectivity index (χ1v) is 8.93. The third-order valence-corrected chi connectivity index (χ3v) is 4.50. The van der Waals surface area contributed by atoms with Crippen LogP contribution in [0.2, 0.25) is 0 Å². The highest BCUT2D eigenvalue weighted by Gasteiger charge is 2.18. The van der Waals surface area contributed by atoms with Gasteiger partial charge in [0, 0.05) is 29.4 Å². The van der Waals surface area contributed by atoms with Crippen LogP contribution in [0, 0.1) is 13.8 Å². The van der Waals surface area contributed by atoms with Crippen molar-refractivity contribution < 1.29 is 17.9 Å². The lowest BCUT2D eigenvalue weighted by Gasteiger charge is -2.14. The van der Waals surface area contributed by atoms with E-state index in [1.165, 1.54) is 12.1 Å². The van der Waals surface area contributed by atoms with E-state index in [4.69, 9.17) is 15.4 Å². The normalized spacial score (nSPS) is 13.0. The molecule has 1 aromatic carbocycles. The fraction of sp³-hybridized carbons (Fsp3) is 0.500. The summed E-state index contributed by atoms with van der Waals surface area (Å²) in [5.74, 6) is -0.343. The Hall–Kier alpha value is -1.11. The highest BCUT2D eigenvalue weighted by atomic mass is 35.7. The minimum Gasteiger partial charge on any atom is -0.377 e. The van der Waals surface area contributed by atoms with Gasteiger partial charge in [0.05, 0.1) is 11.0 Å². The van der Waals surface area contributed by atoms with Crippen molar-refractivity contribution in [3.8, 4) is 0 Å². The molecular formula is C14H20ClNO4S. The topological polar surface area (TPSA) is 72.5 Å². The summed E-state index contributed by atoms with van der Waals surface area (Å²) in [5.41, 5.74) is 1.72. The van der Waals surface area contributed by atoms with E-state index < -0.39 is 9.05 Å². The van der Waals surface area contributed by atoms with E-state index in [9.17, 15) is 13.2 Å². The van der Waals surface area contributed by atoms with Crippen LogP contribution in [0.15, 0.2) is 17.0 Å². The molecule has 0 saturated carbocycles. The van der Waals surface area contributed by atoms with Gasteiger partial charge in [-0.15, -0.1) is 0 Å². The lowest BCUT2D eigenvalue weighted by atomic mass is 10.0. The molecule has 7 heteroatoms. The van der Waals surface area contributed by atoms with E-state index in [1.54, 1.807) is 13.8 Å².